The minimum Gasteiger partial charge on any atom is -0.353 e. The Morgan fingerprint density at radius 2 is 1.95 bits per heavy atom. The standard InChI is InChI=1S/C17H22FN3/c1-12-11-21(16-10-6-9-15(18)13(16)2)17(19-12)20-14-7-4-3-5-8-14/h6,9-11,14H,3-5,7-8H2,1-2H3,(H,19,20). The molecule has 0 atom stereocenters. The molecule has 0 bridgehead atoms. The summed E-state index contributed by atoms with van der Waals surface area (Å²) < 4.78 is 15.8. The predicted molar refractivity (Wildman–Crippen MR) is 83.5 cm³/mol. The smallest absolute Gasteiger partial charge is 0.207 e. The lowest BCUT2D eigenvalue weighted by Crippen LogP contribution is -2.24. The van der Waals surface area contributed by atoms with Crippen molar-refractivity contribution in [1.29, 1.82) is 0 Å². The maximum atomic E-state index is 13.8. The molecule has 1 N–H and O–H groups in total. The third-order valence-corrected chi connectivity index (χ3v) is 4.26. The average Bonchev–Trinajstić information content (AvgIpc) is 2.83. The lowest BCUT2D eigenvalue weighted by molar-refractivity contribution is 0.460. The molecule has 0 spiro atoms. The molecule has 1 saturated carbocycles. The molecule has 0 amide bonds. The van der Waals surface area contributed by atoms with E-state index in [-0.39, 0.29) is 5.82 Å². The summed E-state index contributed by atoms with van der Waals surface area (Å²) in [6.07, 6.45) is 8.22. The number of anilines is 1. The summed E-state index contributed by atoms with van der Waals surface area (Å²) in [7, 11) is 0. The van der Waals surface area contributed by atoms with Gasteiger partial charge in [-0.05, 0) is 38.8 Å². The van der Waals surface area contributed by atoms with Gasteiger partial charge in [0.2, 0.25) is 5.95 Å². The van der Waals surface area contributed by atoms with Gasteiger partial charge in [0, 0.05) is 17.8 Å². The average molecular weight is 287 g/mol. The SMILES string of the molecule is Cc1cn(-c2cccc(F)c2C)c(NC2CCCCC2)n1. The molecule has 1 heterocycles. The van der Waals surface area contributed by atoms with E-state index in [1.807, 2.05) is 30.7 Å². The number of aromatic nitrogens is 2. The molecule has 0 aliphatic heterocycles. The molecule has 3 nitrogen and oxygen atoms in total. The van der Waals surface area contributed by atoms with Gasteiger partial charge in [0.25, 0.3) is 0 Å². The molecule has 4 heteroatoms. The molecule has 0 radical (unpaired) electrons. The molecule has 1 aliphatic rings. The number of nitrogens with one attached hydrogen (secondary N) is 1. The zero-order valence-electron chi connectivity index (χ0n) is 12.7. The Morgan fingerprint density at radius 3 is 2.71 bits per heavy atom. The Morgan fingerprint density at radius 1 is 1.19 bits per heavy atom. The van der Waals surface area contributed by atoms with E-state index in [4.69, 9.17) is 0 Å². The minimum absolute atomic E-state index is 0.178. The van der Waals surface area contributed by atoms with Crippen LogP contribution in [-0.4, -0.2) is 15.6 Å². The predicted octanol–water partition coefficient (Wildman–Crippen LogP) is 4.37. The van der Waals surface area contributed by atoms with Crippen LogP contribution in [0.4, 0.5) is 10.3 Å². The van der Waals surface area contributed by atoms with Gasteiger partial charge >= 0.3 is 0 Å². The van der Waals surface area contributed by atoms with Crippen LogP contribution in [0.25, 0.3) is 5.69 Å². The highest BCUT2D eigenvalue weighted by Gasteiger charge is 2.17. The Hall–Kier alpha value is -1.84. The number of hydrogen-bond donors (Lipinski definition) is 1. The quantitative estimate of drug-likeness (QED) is 0.908. The lowest BCUT2D eigenvalue weighted by Gasteiger charge is -2.24. The van der Waals surface area contributed by atoms with Crippen molar-refractivity contribution < 1.29 is 4.39 Å². The van der Waals surface area contributed by atoms with E-state index in [9.17, 15) is 4.39 Å². The van der Waals surface area contributed by atoms with Gasteiger partial charge in [-0.3, -0.25) is 4.57 Å². The Kier molecular flexibility index (Phi) is 3.95. The van der Waals surface area contributed by atoms with Gasteiger partial charge < -0.3 is 5.32 Å². The first-order chi connectivity index (χ1) is 10.1. The van der Waals surface area contributed by atoms with E-state index in [2.05, 4.69) is 10.3 Å². The summed E-state index contributed by atoms with van der Waals surface area (Å²) in [5.74, 6) is 0.649. The molecule has 1 aliphatic carbocycles. The van der Waals surface area contributed by atoms with Crippen molar-refractivity contribution in [3.05, 3.63) is 41.5 Å². The number of imidazole rings is 1. The zero-order valence-corrected chi connectivity index (χ0v) is 12.7. The second kappa shape index (κ2) is 5.88. The van der Waals surface area contributed by atoms with E-state index >= 15 is 0 Å². The van der Waals surface area contributed by atoms with E-state index in [1.54, 1.807) is 6.07 Å². The maximum absolute atomic E-state index is 13.8. The first kappa shape index (κ1) is 14.1. The minimum atomic E-state index is -0.178. The van der Waals surface area contributed by atoms with Gasteiger partial charge in [0.1, 0.15) is 5.82 Å². The van der Waals surface area contributed by atoms with Crippen LogP contribution >= 0.6 is 0 Å². The second-order valence-corrected chi connectivity index (χ2v) is 5.94. The van der Waals surface area contributed by atoms with Crippen molar-refractivity contribution in [1.82, 2.24) is 9.55 Å². The highest BCUT2D eigenvalue weighted by Crippen LogP contribution is 2.25. The van der Waals surface area contributed by atoms with Crippen molar-refractivity contribution >= 4 is 5.95 Å². The fraction of sp³-hybridized carbons (Fsp3) is 0.471. The fourth-order valence-electron chi connectivity index (χ4n) is 3.07. The first-order valence-corrected chi connectivity index (χ1v) is 7.73. The molecule has 112 valence electrons. The largest absolute Gasteiger partial charge is 0.353 e. The molecule has 3 rings (SSSR count). The van der Waals surface area contributed by atoms with Crippen molar-refractivity contribution in [2.75, 3.05) is 5.32 Å². The topological polar surface area (TPSA) is 29.9 Å². The Bertz CT molecular complexity index is 627. The summed E-state index contributed by atoms with van der Waals surface area (Å²) in [6.45, 7) is 3.78. The molecule has 0 saturated heterocycles. The van der Waals surface area contributed by atoms with Crippen LogP contribution in [0.15, 0.2) is 24.4 Å². The summed E-state index contributed by atoms with van der Waals surface area (Å²) in [5, 5.41) is 3.54. The molecule has 21 heavy (non-hydrogen) atoms. The Balaban J connectivity index is 1.93. The van der Waals surface area contributed by atoms with Crippen LogP contribution in [0.3, 0.4) is 0 Å². The van der Waals surface area contributed by atoms with E-state index < -0.39 is 0 Å². The highest BCUT2D eigenvalue weighted by molar-refractivity contribution is 5.48. The normalized spacial score (nSPS) is 16.1. The number of aryl methyl sites for hydroxylation is 1. The molecule has 0 unspecified atom stereocenters. The monoisotopic (exact) mass is 287 g/mol. The Labute approximate surface area is 125 Å². The zero-order chi connectivity index (χ0) is 14.8. The highest BCUT2D eigenvalue weighted by atomic mass is 19.1. The molecule has 1 fully saturated rings. The molecular formula is C17H22FN3. The number of benzene rings is 1. The molecule has 1 aromatic carbocycles. The van der Waals surface area contributed by atoms with Crippen LogP contribution in [-0.2, 0) is 0 Å². The fourth-order valence-corrected chi connectivity index (χ4v) is 3.07. The van der Waals surface area contributed by atoms with Crippen LogP contribution in [0.2, 0.25) is 0 Å². The van der Waals surface area contributed by atoms with Crippen LogP contribution < -0.4 is 5.32 Å². The third-order valence-electron chi connectivity index (χ3n) is 4.26. The summed E-state index contributed by atoms with van der Waals surface area (Å²) >= 11 is 0. The lowest BCUT2D eigenvalue weighted by atomic mass is 9.96. The maximum Gasteiger partial charge on any atom is 0.207 e. The summed E-state index contributed by atoms with van der Waals surface area (Å²) in [4.78, 5) is 4.58. The second-order valence-electron chi connectivity index (χ2n) is 5.94. The van der Waals surface area contributed by atoms with Crippen molar-refractivity contribution in [3.8, 4) is 5.69 Å². The molecule has 1 aromatic heterocycles. The third kappa shape index (κ3) is 2.94. The van der Waals surface area contributed by atoms with Crippen molar-refractivity contribution in [2.24, 2.45) is 0 Å². The van der Waals surface area contributed by atoms with E-state index in [0.717, 1.165) is 17.3 Å². The van der Waals surface area contributed by atoms with Crippen LogP contribution in [0.5, 0.6) is 0 Å². The molecular weight excluding hydrogens is 265 g/mol. The number of halogens is 1. The van der Waals surface area contributed by atoms with Gasteiger partial charge in [0.15, 0.2) is 0 Å². The number of hydrogen-bond acceptors (Lipinski definition) is 2. The van der Waals surface area contributed by atoms with Gasteiger partial charge in [-0.2, -0.15) is 0 Å². The van der Waals surface area contributed by atoms with Gasteiger partial charge in [0.05, 0.1) is 11.4 Å². The van der Waals surface area contributed by atoms with Gasteiger partial charge in [-0.1, -0.05) is 25.3 Å². The van der Waals surface area contributed by atoms with Crippen molar-refractivity contribution in [2.45, 2.75) is 52.0 Å². The van der Waals surface area contributed by atoms with Crippen LogP contribution in [0, 0.1) is 19.7 Å². The van der Waals surface area contributed by atoms with E-state index in [0.29, 0.717) is 11.6 Å². The summed E-state index contributed by atoms with van der Waals surface area (Å²) in [6, 6.07) is 5.66. The van der Waals surface area contributed by atoms with Gasteiger partial charge in [-0.25, -0.2) is 9.37 Å². The van der Waals surface area contributed by atoms with E-state index in [1.165, 1.54) is 38.2 Å². The molecule has 2 aromatic rings. The first-order valence-electron chi connectivity index (χ1n) is 7.73. The number of rotatable bonds is 3. The van der Waals surface area contributed by atoms with Gasteiger partial charge in [-0.15, -0.1) is 0 Å². The summed E-state index contributed by atoms with van der Waals surface area (Å²) in [5.41, 5.74) is 2.45. The number of nitrogens with zero attached hydrogens (tertiary/aromatic N) is 2. The van der Waals surface area contributed by atoms with Crippen molar-refractivity contribution in [3.63, 3.8) is 0 Å². The van der Waals surface area contributed by atoms with Crippen LogP contribution in [0.1, 0.15) is 43.4 Å².